The number of nitrogens with zero attached hydrogens (tertiary/aromatic N) is 1. The fraction of sp³-hybridized carbons (Fsp3) is 0.103. The van der Waals surface area contributed by atoms with Gasteiger partial charge in [-0.15, -0.1) is 0 Å². The van der Waals surface area contributed by atoms with Gasteiger partial charge in [0.05, 0.1) is 17.1 Å². The molecule has 0 spiro atoms. The van der Waals surface area contributed by atoms with Gasteiger partial charge in [0.2, 0.25) is 15.9 Å². The minimum Gasteiger partial charge on any atom is -0.324 e. The first kappa shape index (κ1) is 27.7. The third kappa shape index (κ3) is 6.76. The lowest BCUT2D eigenvalue weighted by molar-refractivity contribution is -0.116. The maximum atomic E-state index is 13.6. The number of hydrogen-bond donors (Lipinski definition) is 1. The number of anilines is 1. The zero-order chi connectivity index (χ0) is 27.3. The molecule has 194 valence electrons. The Hall–Kier alpha value is -3.30. The molecule has 0 aliphatic rings. The summed E-state index contributed by atoms with van der Waals surface area (Å²) < 4.78 is 29.0. The van der Waals surface area contributed by atoms with E-state index in [0.717, 1.165) is 19.9 Å². The van der Waals surface area contributed by atoms with E-state index in [1.807, 2.05) is 31.2 Å². The Labute approximate surface area is 235 Å². The predicted octanol–water partition coefficient (Wildman–Crippen LogP) is 6.47. The first-order chi connectivity index (χ1) is 18.1. The zero-order valence-electron chi connectivity index (χ0n) is 20.4. The van der Waals surface area contributed by atoms with Crippen LogP contribution in [0.15, 0.2) is 106 Å². The first-order valence-electron chi connectivity index (χ1n) is 11.6. The summed E-state index contributed by atoms with van der Waals surface area (Å²) in [5, 5.41) is 3.05. The van der Waals surface area contributed by atoms with Gasteiger partial charge in [-0.05, 0) is 55.0 Å². The van der Waals surface area contributed by atoms with Gasteiger partial charge in [-0.3, -0.25) is 9.59 Å². The highest BCUT2D eigenvalue weighted by atomic mass is 79.9. The number of halogens is 2. The molecule has 0 saturated heterocycles. The number of carbonyl (C=O) groups is 2. The van der Waals surface area contributed by atoms with Gasteiger partial charge in [0.1, 0.15) is 0 Å². The summed E-state index contributed by atoms with van der Waals surface area (Å²) in [7, 11) is -4.03. The van der Waals surface area contributed by atoms with Crippen LogP contribution in [0.4, 0.5) is 5.69 Å². The van der Waals surface area contributed by atoms with Crippen LogP contribution in [0, 0.1) is 6.92 Å². The molecule has 0 saturated carbocycles. The maximum absolute atomic E-state index is 13.6. The standard InChI is InChI=1S/C29H24BrClN2O4S/c1-20-7-9-21(10-8-20)18-33(38(36,37)25-14-11-23(30)12-15-25)19-28(34)32-27-16-13-24(31)17-26(27)29(35)22-5-3-2-4-6-22/h2-17H,18-19H2,1H3,(H,32,34). The summed E-state index contributed by atoms with van der Waals surface area (Å²) in [5.41, 5.74) is 2.65. The van der Waals surface area contributed by atoms with Crippen molar-refractivity contribution < 1.29 is 18.0 Å². The van der Waals surface area contributed by atoms with Crippen molar-refractivity contribution in [1.29, 1.82) is 0 Å². The molecule has 0 bridgehead atoms. The van der Waals surface area contributed by atoms with Crippen molar-refractivity contribution in [1.82, 2.24) is 4.31 Å². The number of hydrogen-bond acceptors (Lipinski definition) is 4. The van der Waals surface area contributed by atoms with Gasteiger partial charge in [0.15, 0.2) is 5.78 Å². The van der Waals surface area contributed by atoms with E-state index >= 15 is 0 Å². The number of aryl methyl sites for hydroxylation is 1. The summed E-state index contributed by atoms with van der Waals surface area (Å²) in [6.07, 6.45) is 0. The zero-order valence-corrected chi connectivity index (χ0v) is 23.6. The monoisotopic (exact) mass is 610 g/mol. The van der Waals surface area contributed by atoms with Crippen molar-refractivity contribution in [2.45, 2.75) is 18.4 Å². The van der Waals surface area contributed by atoms with Crippen LogP contribution < -0.4 is 5.32 Å². The van der Waals surface area contributed by atoms with E-state index in [4.69, 9.17) is 11.6 Å². The Balaban J connectivity index is 1.63. The van der Waals surface area contributed by atoms with Gasteiger partial charge in [-0.2, -0.15) is 4.31 Å². The Morgan fingerprint density at radius 3 is 2.21 bits per heavy atom. The Morgan fingerprint density at radius 2 is 1.55 bits per heavy atom. The molecule has 6 nitrogen and oxygen atoms in total. The summed E-state index contributed by atoms with van der Waals surface area (Å²) in [4.78, 5) is 26.4. The molecule has 4 aromatic carbocycles. The lowest BCUT2D eigenvalue weighted by atomic mass is 10.0. The van der Waals surface area contributed by atoms with Gasteiger partial charge in [-0.25, -0.2) is 8.42 Å². The topological polar surface area (TPSA) is 83.6 Å². The number of amides is 1. The quantitative estimate of drug-likeness (QED) is 0.220. The molecule has 0 aliphatic heterocycles. The molecule has 0 atom stereocenters. The summed E-state index contributed by atoms with van der Waals surface area (Å²) in [6, 6.07) is 26.8. The second-order valence-electron chi connectivity index (χ2n) is 8.65. The number of carbonyl (C=O) groups excluding carboxylic acids is 2. The average Bonchev–Trinajstić information content (AvgIpc) is 2.91. The molecule has 4 rings (SSSR count). The van der Waals surface area contributed by atoms with Gasteiger partial charge in [0, 0.05) is 27.2 Å². The number of ketones is 1. The Kier molecular flexibility index (Phi) is 8.79. The number of benzene rings is 4. The molecule has 0 unspecified atom stereocenters. The van der Waals surface area contributed by atoms with E-state index in [9.17, 15) is 18.0 Å². The van der Waals surface area contributed by atoms with Crippen molar-refractivity contribution >= 4 is 54.9 Å². The van der Waals surface area contributed by atoms with Crippen molar-refractivity contribution in [3.8, 4) is 0 Å². The SMILES string of the molecule is Cc1ccc(CN(CC(=O)Nc2ccc(Cl)cc2C(=O)c2ccccc2)S(=O)(=O)c2ccc(Br)cc2)cc1. The number of sulfonamides is 1. The minimum atomic E-state index is -4.03. The molecule has 1 amide bonds. The van der Waals surface area contributed by atoms with Crippen molar-refractivity contribution in [3.05, 3.63) is 129 Å². The molecule has 1 N–H and O–H groups in total. The van der Waals surface area contributed by atoms with Crippen LogP contribution in [-0.4, -0.2) is 31.0 Å². The minimum absolute atomic E-state index is 0.0114. The van der Waals surface area contributed by atoms with Crippen molar-refractivity contribution in [2.24, 2.45) is 0 Å². The van der Waals surface area contributed by atoms with E-state index in [-0.39, 0.29) is 28.5 Å². The van der Waals surface area contributed by atoms with Crippen molar-refractivity contribution in [3.63, 3.8) is 0 Å². The average molecular weight is 612 g/mol. The van der Waals surface area contributed by atoms with Crippen LogP contribution in [0.1, 0.15) is 27.0 Å². The lowest BCUT2D eigenvalue weighted by Crippen LogP contribution is -2.37. The molecule has 0 radical (unpaired) electrons. The molecule has 0 heterocycles. The Morgan fingerprint density at radius 1 is 0.895 bits per heavy atom. The smallest absolute Gasteiger partial charge is 0.243 e. The van der Waals surface area contributed by atoms with Crippen LogP contribution in [0.5, 0.6) is 0 Å². The predicted molar refractivity (Wildman–Crippen MR) is 153 cm³/mol. The summed E-state index contributed by atoms with van der Waals surface area (Å²) >= 11 is 9.47. The Bertz CT molecular complexity index is 1560. The van der Waals surface area contributed by atoms with Gasteiger partial charge in [0.25, 0.3) is 0 Å². The van der Waals surface area contributed by atoms with E-state index in [1.54, 1.807) is 48.5 Å². The molecule has 0 aromatic heterocycles. The van der Waals surface area contributed by atoms with Crippen LogP contribution in [0.3, 0.4) is 0 Å². The molecule has 0 aliphatic carbocycles. The van der Waals surface area contributed by atoms with E-state index < -0.39 is 22.5 Å². The number of rotatable bonds is 9. The van der Waals surface area contributed by atoms with Crippen LogP contribution in [0.2, 0.25) is 5.02 Å². The third-order valence-electron chi connectivity index (χ3n) is 5.79. The largest absolute Gasteiger partial charge is 0.324 e. The molecular formula is C29H24BrClN2O4S. The second kappa shape index (κ2) is 12.0. The third-order valence-corrected chi connectivity index (χ3v) is 8.36. The molecule has 4 aromatic rings. The maximum Gasteiger partial charge on any atom is 0.243 e. The fourth-order valence-corrected chi connectivity index (χ4v) is 5.61. The molecular weight excluding hydrogens is 588 g/mol. The summed E-state index contributed by atoms with van der Waals surface area (Å²) in [5.74, 6) is -0.912. The van der Waals surface area contributed by atoms with Gasteiger partial charge >= 0.3 is 0 Å². The highest BCUT2D eigenvalue weighted by Crippen LogP contribution is 2.25. The summed E-state index contributed by atoms with van der Waals surface area (Å²) in [6.45, 7) is 1.46. The van der Waals surface area contributed by atoms with E-state index in [2.05, 4.69) is 21.2 Å². The normalized spacial score (nSPS) is 11.4. The second-order valence-corrected chi connectivity index (χ2v) is 11.9. The molecule has 0 fully saturated rings. The first-order valence-corrected chi connectivity index (χ1v) is 14.2. The van der Waals surface area contributed by atoms with Gasteiger partial charge < -0.3 is 5.32 Å². The molecule has 38 heavy (non-hydrogen) atoms. The number of nitrogens with one attached hydrogen (secondary N) is 1. The van der Waals surface area contributed by atoms with Crippen LogP contribution >= 0.6 is 27.5 Å². The van der Waals surface area contributed by atoms with E-state index in [0.29, 0.717) is 10.6 Å². The van der Waals surface area contributed by atoms with Gasteiger partial charge in [-0.1, -0.05) is 87.7 Å². The highest BCUT2D eigenvalue weighted by Gasteiger charge is 2.27. The highest BCUT2D eigenvalue weighted by molar-refractivity contribution is 9.10. The van der Waals surface area contributed by atoms with Crippen molar-refractivity contribution in [2.75, 3.05) is 11.9 Å². The van der Waals surface area contributed by atoms with E-state index in [1.165, 1.54) is 24.3 Å². The lowest BCUT2D eigenvalue weighted by Gasteiger charge is -2.22. The fourth-order valence-electron chi connectivity index (χ4n) is 3.79. The van der Waals surface area contributed by atoms with Crippen LogP contribution in [0.25, 0.3) is 0 Å². The molecule has 9 heteroatoms. The van der Waals surface area contributed by atoms with Crippen LogP contribution in [-0.2, 0) is 21.4 Å².